The maximum absolute atomic E-state index is 13.1. The van der Waals surface area contributed by atoms with Gasteiger partial charge in [-0.25, -0.2) is 4.39 Å². The van der Waals surface area contributed by atoms with Crippen LogP contribution in [-0.2, 0) is 6.42 Å². The molecule has 0 aliphatic heterocycles. The molecule has 0 nitrogen and oxygen atoms in total. The van der Waals surface area contributed by atoms with Crippen molar-refractivity contribution in [1.82, 2.24) is 0 Å². The molecule has 0 aliphatic rings. The van der Waals surface area contributed by atoms with Crippen LogP contribution in [0.3, 0.4) is 0 Å². The van der Waals surface area contributed by atoms with Crippen molar-refractivity contribution in [3.05, 3.63) is 88.8 Å². The molecule has 0 aromatic heterocycles. The number of rotatable bonds is 4. The van der Waals surface area contributed by atoms with Gasteiger partial charge in [0.15, 0.2) is 0 Å². The Kier molecular flexibility index (Phi) is 5.10. The summed E-state index contributed by atoms with van der Waals surface area (Å²) in [7, 11) is 0. The molecule has 0 saturated heterocycles. The lowest BCUT2D eigenvalue weighted by molar-refractivity contribution is 0.626. The lowest BCUT2D eigenvalue weighted by Gasteiger charge is -2.08. The summed E-state index contributed by atoms with van der Waals surface area (Å²) in [6.07, 6.45) is 4.95. The van der Waals surface area contributed by atoms with E-state index in [1.165, 1.54) is 28.3 Å². The highest BCUT2D eigenvalue weighted by molar-refractivity contribution is 5.70. The molecule has 0 aliphatic carbocycles. The normalized spacial score (nSPS) is 12.6. The number of benzene rings is 2. The van der Waals surface area contributed by atoms with Crippen LogP contribution in [0.25, 0.3) is 5.57 Å². The monoisotopic (exact) mass is 280 g/mol. The van der Waals surface area contributed by atoms with Gasteiger partial charge in [0.1, 0.15) is 5.82 Å². The van der Waals surface area contributed by atoms with Gasteiger partial charge in [-0.3, -0.25) is 0 Å². The number of hydrogen-bond acceptors (Lipinski definition) is 0. The summed E-state index contributed by atoms with van der Waals surface area (Å²) < 4.78 is 13.1. The van der Waals surface area contributed by atoms with Gasteiger partial charge in [0.25, 0.3) is 0 Å². The Hall–Kier alpha value is -2.15. The molecule has 2 aromatic carbocycles. The largest absolute Gasteiger partial charge is 0.207 e. The van der Waals surface area contributed by atoms with E-state index < -0.39 is 0 Å². The van der Waals surface area contributed by atoms with Crippen LogP contribution in [0.1, 0.15) is 30.5 Å². The smallest absolute Gasteiger partial charge is 0.123 e. The summed E-state index contributed by atoms with van der Waals surface area (Å²) in [5.41, 5.74) is 6.08. The van der Waals surface area contributed by atoms with E-state index in [0.29, 0.717) is 0 Å². The summed E-state index contributed by atoms with van der Waals surface area (Å²) in [6, 6.07) is 15.1. The van der Waals surface area contributed by atoms with Crippen LogP contribution in [-0.4, -0.2) is 0 Å². The molecule has 21 heavy (non-hydrogen) atoms. The molecule has 0 atom stereocenters. The van der Waals surface area contributed by atoms with Crippen molar-refractivity contribution < 1.29 is 4.39 Å². The van der Waals surface area contributed by atoms with Gasteiger partial charge in [-0.1, -0.05) is 48.6 Å². The molecule has 0 radical (unpaired) electrons. The minimum Gasteiger partial charge on any atom is -0.207 e. The van der Waals surface area contributed by atoms with Gasteiger partial charge in [0, 0.05) is 0 Å². The first-order chi connectivity index (χ1) is 10.1. The predicted octanol–water partition coefficient (Wildman–Crippen LogP) is 5.73. The van der Waals surface area contributed by atoms with Crippen molar-refractivity contribution in [3.63, 3.8) is 0 Å². The fourth-order valence-corrected chi connectivity index (χ4v) is 2.37. The van der Waals surface area contributed by atoms with Crippen LogP contribution < -0.4 is 0 Å². The zero-order chi connectivity index (χ0) is 15.2. The topological polar surface area (TPSA) is 0 Å². The number of aryl methyl sites for hydroxylation is 1. The summed E-state index contributed by atoms with van der Waals surface area (Å²) >= 11 is 0. The zero-order valence-electron chi connectivity index (χ0n) is 12.9. The molecule has 0 bridgehead atoms. The summed E-state index contributed by atoms with van der Waals surface area (Å²) in [6.45, 7) is 6.39. The van der Waals surface area contributed by atoms with Crippen molar-refractivity contribution in [1.29, 1.82) is 0 Å². The van der Waals surface area contributed by atoms with Crippen molar-refractivity contribution in [2.75, 3.05) is 0 Å². The summed E-state index contributed by atoms with van der Waals surface area (Å²) in [5, 5.41) is 0. The molecule has 0 saturated carbocycles. The van der Waals surface area contributed by atoms with Gasteiger partial charge < -0.3 is 0 Å². The highest BCUT2D eigenvalue weighted by atomic mass is 19.1. The SMILES string of the molecule is CC(/C=C\Cc1cccc(F)c1)=C(/C)c1ccccc1C. The summed E-state index contributed by atoms with van der Waals surface area (Å²) in [5.74, 6) is -0.177. The third-order valence-corrected chi connectivity index (χ3v) is 3.75. The van der Waals surface area contributed by atoms with Gasteiger partial charge in [-0.2, -0.15) is 0 Å². The molecule has 0 N–H and O–H groups in total. The molecule has 0 heterocycles. The second-order valence-corrected chi connectivity index (χ2v) is 5.36. The first-order valence-corrected chi connectivity index (χ1v) is 7.22. The van der Waals surface area contributed by atoms with E-state index >= 15 is 0 Å². The molecule has 2 rings (SSSR count). The molecular formula is C20H21F. The first-order valence-electron chi connectivity index (χ1n) is 7.22. The fourth-order valence-electron chi connectivity index (χ4n) is 2.37. The Morgan fingerprint density at radius 2 is 1.81 bits per heavy atom. The lowest BCUT2D eigenvalue weighted by atomic mass is 9.97. The van der Waals surface area contributed by atoms with Gasteiger partial charge in [0.05, 0.1) is 0 Å². The highest BCUT2D eigenvalue weighted by Gasteiger charge is 2.01. The number of allylic oxidation sites excluding steroid dienone is 4. The molecule has 1 heteroatoms. The van der Waals surface area contributed by atoms with E-state index in [9.17, 15) is 4.39 Å². The van der Waals surface area contributed by atoms with Gasteiger partial charge in [0.2, 0.25) is 0 Å². The van der Waals surface area contributed by atoms with Gasteiger partial charge in [-0.05, 0) is 67.2 Å². The third-order valence-electron chi connectivity index (χ3n) is 3.75. The Bertz CT molecular complexity index is 678. The molecule has 0 spiro atoms. The van der Waals surface area contributed by atoms with Gasteiger partial charge in [-0.15, -0.1) is 0 Å². The highest BCUT2D eigenvalue weighted by Crippen LogP contribution is 2.22. The fraction of sp³-hybridized carbons (Fsp3) is 0.200. The maximum atomic E-state index is 13.1. The van der Waals surface area contributed by atoms with E-state index in [0.717, 1.165) is 12.0 Å². The van der Waals surface area contributed by atoms with Crippen molar-refractivity contribution in [2.45, 2.75) is 27.2 Å². The van der Waals surface area contributed by atoms with E-state index in [1.54, 1.807) is 12.1 Å². The van der Waals surface area contributed by atoms with Crippen LogP contribution in [0.2, 0.25) is 0 Å². The quantitative estimate of drug-likeness (QED) is 0.628. The number of hydrogen-bond donors (Lipinski definition) is 0. The van der Waals surface area contributed by atoms with E-state index in [2.05, 4.69) is 57.2 Å². The zero-order valence-corrected chi connectivity index (χ0v) is 12.9. The minimum absolute atomic E-state index is 0.177. The Labute approximate surface area is 126 Å². The minimum atomic E-state index is -0.177. The number of halogens is 1. The van der Waals surface area contributed by atoms with Gasteiger partial charge >= 0.3 is 0 Å². The average molecular weight is 280 g/mol. The Morgan fingerprint density at radius 1 is 1.05 bits per heavy atom. The standard InChI is InChI=1S/C20H21F/c1-15(17(3)20-13-5-4-8-16(20)2)9-6-10-18-11-7-12-19(21)14-18/h4-9,11-14H,10H2,1-3H3/b9-6-,17-15+. The molecule has 0 fully saturated rings. The van der Waals surface area contributed by atoms with Crippen molar-refractivity contribution in [2.24, 2.45) is 0 Å². The van der Waals surface area contributed by atoms with E-state index in [-0.39, 0.29) is 5.82 Å². The average Bonchev–Trinajstić information content (AvgIpc) is 2.47. The molecule has 2 aromatic rings. The molecule has 0 unspecified atom stereocenters. The summed E-state index contributed by atoms with van der Waals surface area (Å²) in [4.78, 5) is 0. The Morgan fingerprint density at radius 3 is 2.52 bits per heavy atom. The van der Waals surface area contributed by atoms with Crippen LogP contribution in [0.4, 0.5) is 4.39 Å². The van der Waals surface area contributed by atoms with Crippen LogP contribution in [0.5, 0.6) is 0 Å². The van der Waals surface area contributed by atoms with Crippen molar-refractivity contribution in [3.8, 4) is 0 Å². The molecule has 108 valence electrons. The van der Waals surface area contributed by atoms with E-state index in [1.807, 2.05) is 6.07 Å². The van der Waals surface area contributed by atoms with Crippen LogP contribution in [0.15, 0.2) is 66.3 Å². The maximum Gasteiger partial charge on any atom is 0.123 e. The Balaban J connectivity index is 2.13. The van der Waals surface area contributed by atoms with Crippen LogP contribution in [0, 0.1) is 12.7 Å². The van der Waals surface area contributed by atoms with E-state index in [4.69, 9.17) is 0 Å². The molecular weight excluding hydrogens is 259 g/mol. The lowest BCUT2D eigenvalue weighted by Crippen LogP contribution is -1.88. The third kappa shape index (κ3) is 4.16. The predicted molar refractivity (Wildman–Crippen MR) is 88.7 cm³/mol. The second kappa shape index (κ2) is 7.03. The second-order valence-electron chi connectivity index (χ2n) is 5.36. The van der Waals surface area contributed by atoms with Crippen molar-refractivity contribution >= 4 is 5.57 Å². The van der Waals surface area contributed by atoms with Crippen LogP contribution >= 0.6 is 0 Å². The first kappa shape index (κ1) is 15.2. The molecule has 0 amide bonds.